The molecule has 0 aliphatic carbocycles. The van der Waals surface area contributed by atoms with Crippen molar-refractivity contribution >= 4 is 30.2 Å². The summed E-state index contributed by atoms with van der Waals surface area (Å²) in [5.41, 5.74) is -0.619. The van der Waals surface area contributed by atoms with E-state index in [9.17, 15) is 23.3 Å². The van der Waals surface area contributed by atoms with Crippen molar-refractivity contribution in [3.8, 4) is 0 Å². The Morgan fingerprint density at radius 3 is 2.65 bits per heavy atom. The number of nitro benzene ring substituents is 1. The number of hydrogen-bond donors (Lipinski definition) is 0. The number of ether oxygens (including phenoxy) is 1. The van der Waals surface area contributed by atoms with Gasteiger partial charge in [0, 0.05) is 18.7 Å². The topological polar surface area (TPSA) is 125 Å². The molecule has 1 aromatic rings. The molecule has 2 aliphatic heterocycles. The van der Waals surface area contributed by atoms with Crippen LogP contribution >= 0.6 is 0 Å². The van der Waals surface area contributed by atoms with Crippen LogP contribution in [0.4, 0.5) is 10.5 Å². The molecule has 0 N–H and O–H groups in total. The van der Waals surface area contributed by atoms with E-state index in [-0.39, 0.29) is 18.9 Å². The molecule has 2 atom stereocenters. The zero-order chi connectivity index (χ0) is 22.9. The van der Waals surface area contributed by atoms with Gasteiger partial charge in [0.25, 0.3) is 15.8 Å². The van der Waals surface area contributed by atoms with Crippen LogP contribution in [0, 0.1) is 10.1 Å². The molecule has 2 unspecified atom stereocenters. The Hall–Kier alpha value is -2.02. The van der Waals surface area contributed by atoms with Crippen LogP contribution in [0.15, 0.2) is 24.3 Å². The smallest absolute Gasteiger partial charge is 0.412 e. The lowest BCUT2D eigenvalue weighted by Crippen LogP contribution is -2.60. The zero-order valence-corrected chi connectivity index (χ0v) is 19.7. The van der Waals surface area contributed by atoms with E-state index in [0.29, 0.717) is 37.4 Å². The SMILES string of the molecule is CCC1C[Si](C)(C)OC2(CCCN2C(=O)OCc2ccc([N+](=O)[O-])cc2)COS1(=O)=O. The number of carbonyl (C=O) groups is 1. The highest BCUT2D eigenvalue weighted by atomic mass is 32.2. The highest BCUT2D eigenvalue weighted by Crippen LogP contribution is 2.39. The minimum atomic E-state index is -3.76. The number of likely N-dealkylation sites (tertiary alicyclic amines) is 1. The second kappa shape index (κ2) is 8.85. The molecule has 2 heterocycles. The number of nitrogens with zero attached hydrogens (tertiary/aromatic N) is 2. The Labute approximate surface area is 182 Å². The van der Waals surface area contributed by atoms with Crippen molar-refractivity contribution in [2.24, 2.45) is 0 Å². The van der Waals surface area contributed by atoms with Gasteiger partial charge in [-0.1, -0.05) is 6.92 Å². The average molecular weight is 473 g/mol. The van der Waals surface area contributed by atoms with Gasteiger partial charge in [0.15, 0.2) is 14.0 Å². The molecule has 172 valence electrons. The third kappa shape index (κ3) is 5.25. The molecule has 1 amide bonds. The Balaban J connectivity index is 1.75. The van der Waals surface area contributed by atoms with E-state index in [1.165, 1.54) is 29.2 Å². The van der Waals surface area contributed by atoms with Gasteiger partial charge >= 0.3 is 6.09 Å². The van der Waals surface area contributed by atoms with Crippen molar-refractivity contribution in [3.63, 3.8) is 0 Å². The largest absolute Gasteiger partial charge is 0.444 e. The molecule has 0 aromatic heterocycles. The number of rotatable bonds is 4. The van der Waals surface area contributed by atoms with Crippen LogP contribution in [0.1, 0.15) is 31.7 Å². The van der Waals surface area contributed by atoms with Gasteiger partial charge in [-0.2, -0.15) is 8.42 Å². The van der Waals surface area contributed by atoms with Crippen molar-refractivity contribution in [2.45, 2.75) is 62.9 Å². The van der Waals surface area contributed by atoms with Crippen LogP contribution in [-0.4, -0.2) is 56.8 Å². The quantitative estimate of drug-likeness (QED) is 0.283. The third-order valence-electron chi connectivity index (χ3n) is 5.67. The zero-order valence-electron chi connectivity index (χ0n) is 17.9. The molecule has 0 radical (unpaired) electrons. The number of non-ortho nitro benzene ring substituents is 1. The first-order chi connectivity index (χ1) is 14.5. The van der Waals surface area contributed by atoms with Crippen molar-refractivity contribution in [3.05, 3.63) is 39.9 Å². The lowest BCUT2D eigenvalue weighted by Gasteiger charge is -2.44. The summed E-state index contributed by atoms with van der Waals surface area (Å²) >= 11 is 0. The summed E-state index contributed by atoms with van der Waals surface area (Å²) < 4.78 is 42.5. The van der Waals surface area contributed by atoms with Crippen LogP contribution in [-0.2, 0) is 30.1 Å². The molecule has 2 aliphatic rings. The molecule has 0 saturated carbocycles. The first-order valence-electron chi connectivity index (χ1n) is 10.2. The molecule has 3 rings (SSSR count). The first-order valence-corrected chi connectivity index (χ1v) is 14.8. The lowest BCUT2D eigenvalue weighted by atomic mass is 10.2. The van der Waals surface area contributed by atoms with E-state index < -0.39 is 40.4 Å². The molecular weight excluding hydrogens is 444 g/mol. The molecule has 1 spiro atoms. The third-order valence-corrected chi connectivity index (χ3v) is 10.1. The number of hydrogen-bond acceptors (Lipinski definition) is 8. The first kappa shape index (κ1) is 23.6. The van der Waals surface area contributed by atoms with Gasteiger partial charge in [0.2, 0.25) is 0 Å². The molecule has 2 fully saturated rings. The standard InChI is InChI=1S/C19H28N2O8SSi/c1-4-17-13-31(2,3)29-19(14-28-30(17,25)26)10-5-11-20(19)18(22)27-12-15-6-8-16(9-7-15)21(23)24/h6-9,17H,4-5,10-14H2,1-3H3. The minimum absolute atomic E-state index is 0.0487. The predicted octanol–water partition coefficient (Wildman–Crippen LogP) is 3.38. The summed E-state index contributed by atoms with van der Waals surface area (Å²) in [5.74, 6) is 0. The molecule has 10 nitrogen and oxygen atoms in total. The normalized spacial score (nSPS) is 27.5. The van der Waals surface area contributed by atoms with Gasteiger partial charge in [0.1, 0.15) is 13.2 Å². The van der Waals surface area contributed by atoms with Gasteiger partial charge in [-0.3, -0.25) is 19.2 Å². The van der Waals surface area contributed by atoms with Gasteiger partial charge in [-0.05, 0) is 56.1 Å². The summed E-state index contributed by atoms with van der Waals surface area (Å²) in [4.78, 5) is 24.6. The molecule has 31 heavy (non-hydrogen) atoms. The van der Waals surface area contributed by atoms with Crippen LogP contribution in [0.3, 0.4) is 0 Å². The molecule has 1 aromatic carbocycles. The van der Waals surface area contributed by atoms with Crippen molar-refractivity contribution in [2.75, 3.05) is 13.2 Å². The van der Waals surface area contributed by atoms with Gasteiger partial charge in [0.05, 0.1) is 10.2 Å². The van der Waals surface area contributed by atoms with E-state index >= 15 is 0 Å². The maximum Gasteiger partial charge on any atom is 0.412 e. The number of carbonyl (C=O) groups excluding carboxylic acids is 1. The Bertz CT molecular complexity index is 937. The number of nitro groups is 1. The predicted molar refractivity (Wildman–Crippen MR) is 114 cm³/mol. The molecular formula is C19H28N2O8SSi. The van der Waals surface area contributed by atoms with E-state index in [4.69, 9.17) is 13.3 Å². The average Bonchev–Trinajstić information content (AvgIpc) is 3.11. The molecule has 0 bridgehead atoms. The minimum Gasteiger partial charge on any atom is -0.444 e. The van der Waals surface area contributed by atoms with E-state index in [1.807, 2.05) is 20.0 Å². The summed E-state index contributed by atoms with van der Waals surface area (Å²) in [7, 11) is -6.21. The monoisotopic (exact) mass is 472 g/mol. The van der Waals surface area contributed by atoms with Gasteiger partial charge in [-0.15, -0.1) is 0 Å². The Kier molecular flexibility index (Phi) is 6.74. The summed E-state index contributed by atoms with van der Waals surface area (Å²) in [6, 6.07) is 6.12. The highest BCUT2D eigenvalue weighted by molar-refractivity contribution is 7.87. The second-order valence-corrected chi connectivity index (χ2v) is 14.6. The Morgan fingerprint density at radius 1 is 1.35 bits per heavy atom. The summed E-state index contributed by atoms with van der Waals surface area (Å²) in [6.45, 7) is 5.76. The van der Waals surface area contributed by atoms with Crippen LogP contribution in [0.2, 0.25) is 19.1 Å². The van der Waals surface area contributed by atoms with E-state index in [0.717, 1.165) is 0 Å². The maximum absolute atomic E-state index is 12.9. The van der Waals surface area contributed by atoms with E-state index in [1.54, 1.807) is 0 Å². The van der Waals surface area contributed by atoms with Crippen molar-refractivity contribution in [1.29, 1.82) is 0 Å². The summed E-state index contributed by atoms with van der Waals surface area (Å²) in [6.07, 6.45) is 0.908. The number of benzene rings is 1. The van der Waals surface area contributed by atoms with Crippen molar-refractivity contribution < 1.29 is 31.5 Å². The van der Waals surface area contributed by atoms with Gasteiger partial charge in [-0.25, -0.2) is 4.79 Å². The summed E-state index contributed by atoms with van der Waals surface area (Å²) in [5, 5.41) is 10.1. The molecule has 2 saturated heterocycles. The van der Waals surface area contributed by atoms with Crippen molar-refractivity contribution in [1.82, 2.24) is 4.90 Å². The fourth-order valence-electron chi connectivity index (χ4n) is 4.16. The lowest BCUT2D eigenvalue weighted by molar-refractivity contribution is -0.384. The second-order valence-electron chi connectivity index (χ2n) is 8.53. The molecule has 12 heteroatoms. The van der Waals surface area contributed by atoms with Crippen LogP contribution < -0.4 is 0 Å². The van der Waals surface area contributed by atoms with Crippen LogP contribution in [0.25, 0.3) is 0 Å². The maximum atomic E-state index is 12.9. The Morgan fingerprint density at radius 2 is 2.03 bits per heavy atom. The fourth-order valence-corrected chi connectivity index (χ4v) is 9.90. The fraction of sp³-hybridized carbons (Fsp3) is 0.632. The highest BCUT2D eigenvalue weighted by Gasteiger charge is 2.53. The van der Waals surface area contributed by atoms with Crippen LogP contribution in [0.5, 0.6) is 0 Å². The number of amides is 1. The van der Waals surface area contributed by atoms with Gasteiger partial charge < -0.3 is 9.16 Å². The van der Waals surface area contributed by atoms with E-state index in [2.05, 4.69) is 0 Å².